The van der Waals surface area contributed by atoms with Crippen LogP contribution in [0, 0.1) is 0 Å². The first-order valence-corrected chi connectivity index (χ1v) is 5.81. The molecule has 1 aromatic rings. The maximum Gasteiger partial charge on any atom is 0.274 e. The van der Waals surface area contributed by atoms with Crippen LogP contribution in [0.4, 0.5) is 5.69 Å². The molecule has 6 heteroatoms. The van der Waals surface area contributed by atoms with E-state index in [1.165, 1.54) is 0 Å². The predicted molar refractivity (Wildman–Crippen MR) is 65.7 cm³/mol. The number of nitrogens with zero attached hydrogens (tertiary/aromatic N) is 2. The Labute approximate surface area is 101 Å². The molecule has 1 heterocycles. The molecule has 96 valence electrons. The number of amides is 1. The highest BCUT2D eigenvalue weighted by molar-refractivity contribution is 5.96. The van der Waals surface area contributed by atoms with Gasteiger partial charge in [-0.25, -0.2) is 0 Å². The van der Waals surface area contributed by atoms with Gasteiger partial charge in [0.05, 0.1) is 11.8 Å². The Morgan fingerprint density at radius 1 is 1.65 bits per heavy atom. The van der Waals surface area contributed by atoms with Gasteiger partial charge in [-0.3, -0.25) is 9.48 Å². The van der Waals surface area contributed by atoms with Crippen LogP contribution < -0.4 is 11.1 Å². The van der Waals surface area contributed by atoms with Crippen LogP contribution in [-0.4, -0.2) is 34.9 Å². The van der Waals surface area contributed by atoms with E-state index >= 15 is 0 Å². The van der Waals surface area contributed by atoms with Gasteiger partial charge in [0, 0.05) is 25.9 Å². The molecule has 3 N–H and O–H groups in total. The summed E-state index contributed by atoms with van der Waals surface area (Å²) >= 11 is 0. The summed E-state index contributed by atoms with van der Waals surface area (Å²) in [6, 6.07) is 0. The second-order valence-corrected chi connectivity index (χ2v) is 3.76. The van der Waals surface area contributed by atoms with E-state index in [4.69, 9.17) is 10.5 Å². The largest absolute Gasteiger partial charge is 0.396 e. The first kappa shape index (κ1) is 13.5. The first-order valence-electron chi connectivity index (χ1n) is 5.81. The Balaban J connectivity index is 2.54. The highest BCUT2D eigenvalue weighted by Crippen LogP contribution is 2.08. The smallest absolute Gasteiger partial charge is 0.274 e. The quantitative estimate of drug-likeness (QED) is 0.764. The maximum absolute atomic E-state index is 11.8. The molecule has 0 aliphatic rings. The van der Waals surface area contributed by atoms with Gasteiger partial charge >= 0.3 is 0 Å². The number of hydrogen-bond donors (Lipinski definition) is 2. The van der Waals surface area contributed by atoms with E-state index in [2.05, 4.69) is 10.4 Å². The van der Waals surface area contributed by atoms with Crippen LogP contribution in [0.1, 0.15) is 31.3 Å². The Kier molecular flexibility index (Phi) is 4.96. The molecule has 6 nitrogen and oxygen atoms in total. The summed E-state index contributed by atoms with van der Waals surface area (Å²) in [4.78, 5) is 11.8. The van der Waals surface area contributed by atoms with Crippen molar-refractivity contribution in [3.05, 3.63) is 11.9 Å². The third-order valence-corrected chi connectivity index (χ3v) is 2.33. The summed E-state index contributed by atoms with van der Waals surface area (Å²) in [6.45, 7) is 7.52. The number of anilines is 1. The molecule has 0 aliphatic carbocycles. The fraction of sp³-hybridized carbons (Fsp3) is 0.636. The summed E-state index contributed by atoms with van der Waals surface area (Å²) in [7, 11) is 0. The molecule has 1 aromatic heterocycles. The zero-order valence-corrected chi connectivity index (χ0v) is 10.6. The van der Waals surface area contributed by atoms with Gasteiger partial charge in [0.15, 0.2) is 5.69 Å². The number of hydrogen-bond acceptors (Lipinski definition) is 4. The number of carbonyl (C=O) groups excluding carboxylic acids is 1. The second kappa shape index (κ2) is 6.24. The highest BCUT2D eigenvalue weighted by Gasteiger charge is 2.14. The summed E-state index contributed by atoms with van der Waals surface area (Å²) in [5.41, 5.74) is 6.38. The molecule has 0 spiro atoms. The zero-order valence-electron chi connectivity index (χ0n) is 10.6. The lowest BCUT2D eigenvalue weighted by Crippen LogP contribution is -2.32. The predicted octanol–water partition coefficient (Wildman–Crippen LogP) is 0.640. The Hall–Kier alpha value is -1.56. The van der Waals surface area contributed by atoms with Crippen molar-refractivity contribution < 1.29 is 9.53 Å². The van der Waals surface area contributed by atoms with Crippen molar-refractivity contribution >= 4 is 11.6 Å². The van der Waals surface area contributed by atoms with Crippen molar-refractivity contribution in [3.8, 4) is 0 Å². The molecule has 0 saturated heterocycles. The van der Waals surface area contributed by atoms with Crippen LogP contribution >= 0.6 is 0 Å². The molecule has 0 aromatic carbocycles. The van der Waals surface area contributed by atoms with Gasteiger partial charge in [-0.05, 0) is 20.8 Å². The molecule has 0 aliphatic heterocycles. The molecule has 1 atom stereocenters. The minimum atomic E-state index is -0.263. The fourth-order valence-corrected chi connectivity index (χ4v) is 1.44. The molecule has 1 unspecified atom stereocenters. The SMILES string of the molecule is CCOC(C)CNC(=O)c1nn(CC)cc1N. The van der Waals surface area contributed by atoms with Crippen LogP contribution in [0.5, 0.6) is 0 Å². The average molecular weight is 240 g/mol. The molecule has 0 bridgehead atoms. The topological polar surface area (TPSA) is 82.2 Å². The lowest BCUT2D eigenvalue weighted by molar-refractivity contribution is 0.0693. The van der Waals surface area contributed by atoms with Crippen molar-refractivity contribution in [1.29, 1.82) is 0 Å². The number of nitrogens with one attached hydrogen (secondary N) is 1. The molecule has 17 heavy (non-hydrogen) atoms. The molecule has 1 rings (SSSR count). The Morgan fingerprint density at radius 2 is 2.35 bits per heavy atom. The zero-order chi connectivity index (χ0) is 12.8. The monoisotopic (exact) mass is 240 g/mol. The second-order valence-electron chi connectivity index (χ2n) is 3.76. The lowest BCUT2D eigenvalue weighted by atomic mass is 10.3. The number of rotatable bonds is 6. The average Bonchev–Trinajstić information content (AvgIpc) is 2.68. The number of nitrogens with two attached hydrogens (primary N) is 1. The molecular formula is C11H20N4O2. The molecule has 1 amide bonds. The van der Waals surface area contributed by atoms with Crippen LogP contribution in [0.3, 0.4) is 0 Å². The molecular weight excluding hydrogens is 220 g/mol. The van der Waals surface area contributed by atoms with E-state index in [9.17, 15) is 4.79 Å². The van der Waals surface area contributed by atoms with E-state index in [1.54, 1.807) is 10.9 Å². The molecule has 0 fully saturated rings. The summed E-state index contributed by atoms with van der Waals surface area (Å²) in [5.74, 6) is -0.263. The Bertz CT molecular complexity index is 376. The van der Waals surface area contributed by atoms with Crippen LogP contribution in [0.2, 0.25) is 0 Å². The van der Waals surface area contributed by atoms with Gasteiger partial charge < -0.3 is 15.8 Å². The number of ether oxygens (including phenoxy) is 1. The molecule has 0 saturated carbocycles. The van der Waals surface area contributed by atoms with E-state index in [0.29, 0.717) is 25.4 Å². The van der Waals surface area contributed by atoms with Crippen molar-refractivity contribution in [1.82, 2.24) is 15.1 Å². The van der Waals surface area contributed by atoms with Crippen molar-refractivity contribution in [2.24, 2.45) is 0 Å². The lowest BCUT2D eigenvalue weighted by Gasteiger charge is -2.11. The van der Waals surface area contributed by atoms with Gasteiger partial charge in [-0.15, -0.1) is 0 Å². The minimum absolute atomic E-state index is 0.0153. The fourth-order valence-electron chi connectivity index (χ4n) is 1.44. The third kappa shape index (κ3) is 3.74. The van der Waals surface area contributed by atoms with E-state index in [1.807, 2.05) is 20.8 Å². The third-order valence-electron chi connectivity index (χ3n) is 2.33. The van der Waals surface area contributed by atoms with E-state index in [0.717, 1.165) is 0 Å². The van der Waals surface area contributed by atoms with Crippen molar-refractivity contribution in [2.75, 3.05) is 18.9 Å². The van der Waals surface area contributed by atoms with Crippen LogP contribution in [-0.2, 0) is 11.3 Å². The van der Waals surface area contributed by atoms with Gasteiger partial charge in [-0.1, -0.05) is 0 Å². The standard InChI is InChI=1S/C11H20N4O2/c1-4-15-7-9(12)10(14-15)11(16)13-6-8(3)17-5-2/h7-8H,4-6,12H2,1-3H3,(H,13,16). The maximum atomic E-state index is 11.8. The number of nitrogen functional groups attached to an aromatic ring is 1. The Morgan fingerprint density at radius 3 is 2.88 bits per heavy atom. The summed E-state index contributed by atoms with van der Waals surface area (Å²) in [5, 5.41) is 6.83. The highest BCUT2D eigenvalue weighted by atomic mass is 16.5. The van der Waals surface area contributed by atoms with E-state index in [-0.39, 0.29) is 17.7 Å². The van der Waals surface area contributed by atoms with E-state index < -0.39 is 0 Å². The van der Waals surface area contributed by atoms with Gasteiger partial charge in [-0.2, -0.15) is 5.10 Å². The first-order chi connectivity index (χ1) is 8.08. The van der Waals surface area contributed by atoms with Gasteiger partial charge in [0.2, 0.25) is 0 Å². The number of aromatic nitrogens is 2. The van der Waals surface area contributed by atoms with Crippen LogP contribution in [0.25, 0.3) is 0 Å². The van der Waals surface area contributed by atoms with Crippen molar-refractivity contribution in [2.45, 2.75) is 33.4 Å². The summed E-state index contributed by atoms with van der Waals surface area (Å²) in [6.07, 6.45) is 1.64. The minimum Gasteiger partial charge on any atom is -0.396 e. The number of carbonyl (C=O) groups is 1. The normalized spacial score (nSPS) is 12.4. The number of aryl methyl sites for hydroxylation is 1. The summed E-state index contributed by atoms with van der Waals surface area (Å²) < 4.78 is 6.95. The van der Waals surface area contributed by atoms with Crippen LogP contribution in [0.15, 0.2) is 6.20 Å². The van der Waals surface area contributed by atoms with Crippen molar-refractivity contribution in [3.63, 3.8) is 0 Å². The van der Waals surface area contributed by atoms with Gasteiger partial charge in [0.25, 0.3) is 5.91 Å². The molecule has 0 radical (unpaired) electrons. The van der Waals surface area contributed by atoms with Gasteiger partial charge in [0.1, 0.15) is 0 Å².